The maximum atomic E-state index is 11.0. The molecule has 1 aromatic rings. The summed E-state index contributed by atoms with van der Waals surface area (Å²) in [5, 5.41) is 0.190. The number of rotatable bonds is 1. The summed E-state index contributed by atoms with van der Waals surface area (Å²) in [5.74, 6) is 1.23. The fourth-order valence-electron chi connectivity index (χ4n) is 2.88. The van der Waals surface area contributed by atoms with Crippen molar-refractivity contribution in [2.45, 2.75) is 12.1 Å². The zero-order chi connectivity index (χ0) is 15.1. The van der Waals surface area contributed by atoms with Crippen LogP contribution in [0.2, 0.25) is 0 Å². The first-order valence-corrected chi connectivity index (χ1v) is 7.40. The maximum absolute atomic E-state index is 11.0. The van der Waals surface area contributed by atoms with Crippen LogP contribution in [0.3, 0.4) is 0 Å². The second-order valence-electron chi connectivity index (χ2n) is 5.23. The summed E-state index contributed by atoms with van der Waals surface area (Å²) in [6, 6.07) is 1.43. The molecule has 7 nitrogen and oxygen atoms in total. The molecule has 0 bridgehead atoms. The minimum Gasteiger partial charge on any atom is -0.463 e. The van der Waals surface area contributed by atoms with Crippen LogP contribution in [0.4, 0.5) is 0 Å². The number of carbonyl (C=O) groups excluding carboxylic acids is 1. The third-order valence-corrected chi connectivity index (χ3v) is 4.10. The van der Waals surface area contributed by atoms with Gasteiger partial charge in [0.15, 0.2) is 18.2 Å². The number of fused-ring (bicyclic) bond motifs is 3. The van der Waals surface area contributed by atoms with Crippen LogP contribution in [0.25, 0.3) is 0 Å². The Labute approximate surface area is 131 Å². The van der Waals surface area contributed by atoms with Gasteiger partial charge in [0.05, 0.1) is 13.2 Å². The Bertz CT molecular complexity index is 685. The summed E-state index contributed by atoms with van der Waals surface area (Å²) in [7, 11) is 0. The first-order valence-electron chi connectivity index (χ1n) is 7.02. The Kier molecular flexibility index (Phi) is 3.31. The molecule has 1 fully saturated rings. The summed E-state index contributed by atoms with van der Waals surface area (Å²) >= 11 is 6.10. The van der Waals surface area contributed by atoms with Crippen molar-refractivity contribution in [3.63, 3.8) is 0 Å². The van der Waals surface area contributed by atoms with Crippen molar-refractivity contribution < 1.29 is 14.3 Å². The van der Waals surface area contributed by atoms with Crippen LogP contribution in [-0.2, 0) is 4.74 Å². The Balaban J connectivity index is 1.71. The van der Waals surface area contributed by atoms with E-state index in [0.29, 0.717) is 24.7 Å². The van der Waals surface area contributed by atoms with Gasteiger partial charge in [0.25, 0.3) is 0 Å². The van der Waals surface area contributed by atoms with Crippen LogP contribution < -0.4 is 4.74 Å². The number of nitrogens with zero attached hydrogens (tertiary/aromatic N) is 4. The molecule has 3 aliphatic heterocycles. The number of halogens is 1. The zero-order valence-electron chi connectivity index (χ0n) is 11.6. The minimum atomic E-state index is -0.356. The number of morpholine rings is 1. The van der Waals surface area contributed by atoms with Crippen molar-refractivity contribution in [1.82, 2.24) is 9.88 Å². The molecular formula is C14H13ClN4O3. The van der Waals surface area contributed by atoms with Crippen LogP contribution in [-0.4, -0.2) is 59.7 Å². The molecule has 22 heavy (non-hydrogen) atoms. The molecule has 114 valence electrons. The summed E-state index contributed by atoms with van der Waals surface area (Å²) in [6.45, 7) is 2.76. The SMILES string of the molecule is O=Cc1cnc2c(c1)C1N=C(Cl)N=C(N3CCOCC3)C1O2. The number of pyridine rings is 1. The Morgan fingerprint density at radius 3 is 2.95 bits per heavy atom. The molecule has 3 aliphatic rings. The number of ether oxygens (including phenoxy) is 2. The van der Waals surface area contributed by atoms with Gasteiger partial charge in [0.2, 0.25) is 11.2 Å². The van der Waals surface area contributed by atoms with Crippen molar-refractivity contribution >= 4 is 29.0 Å². The molecule has 8 heteroatoms. The quantitative estimate of drug-likeness (QED) is 0.571. The maximum Gasteiger partial charge on any atom is 0.220 e. The van der Waals surface area contributed by atoms with Gasteiger partial charge in [0, 0.05) is 30.4 Å². The number of amidine groups is 2. The molecule has 0 radical (unpaired) electrons. The Morgan fingerprint density at radius 1 is 1.36 bits per heavy atom. The van der Waals surface area contributed by atoms with E-state index in [0.717, 1.165) is 30.8 Å². The van der Waals surface area contributed by atoms with Crippen LogP contribution in [0, 0.1) is 0 Å². The van der Waals surface area contributed by atoms with E-state index in [1.807, 2.05) is 0 Å². The highest BCUT2D eigenvalue weighted by Crippen LogP contribution is 2.41. The Morgan fingerprint density at radius 2 is 2.18 bits per heavy atom. The van der Waals surface area contributed by atoms with E-state index in [-0.39, 0.29) is 17.4 Å². The average molecular weight is 321 g/mol. The zero-order valence-corrected chi connectivity index (χ0v) is 12.4. The van der Waals surface area contributed by atoms with Gasteiger partial charge in [0.1, 0.15) is 6.04 Å². The molecule has 2 atom stereocenters. The molecule has 4 heterocycles. The monoisotopic (exact) mass is 320 g/mol. The van der Waals surface area contributed by atoms with E-state index in [1.54, 1.807) is 6.07 Å². The van der Waals surface area contributed by atoms with Gasteiger partial charge < -0.3 is 14.4 Å². The molecule has 4 rings (SSSR count). The standard InChI is InChI=1S/C14H13ClN4O3/c15-14-17-10-9-5-8(7-20)6-16-13(9)22-11(10)12(18-14)19-1-3-21-4-2-19/h5-7,10-11H,1-4H2. The van der Waals surface area contributed by atoms with Crippen LogP contribution in [0.1, 0.15) is 22.0 Å². The molecule has 0 aliphatic carbocycles. The third-order valence-electron chi connectivity index (χ3n) is 3.92. The number of hydrogen-bond acceptors (Lipinski definition) is 7. The lowest BCUT2D eigenvalue weighted by atomic mass is 10.0. The highest BCUT2D eigenvalue weighted by atomic mass is 35.5. The summed E-state index contributed by atoms with van der Waals surface area (Å²) in [6.07, 6.45) is 1.89. The first-order chi connectivity index (χ1) is 10.8. The molecule has 0 amide bonds. The average Bonchev–Trinajstić information content (AvgIpc) is 2.92. The molecule has 0 aromatic carbocycles. The van der Waals surface area contributed by atoms with Crippen molar-refractivity contribution in [2.75, 3.05) is 26.3 Å². The van der Waals surface area contributed by atoms with E-state index in [9.17, 15) is 4.79 Å². The van der Waals surface area contributed by atoms with Crippen molar-refractivity contribution in [1.29, 1.82) is 0 Å². The second kappa shape index (κ2) is 5.33. The van der Waals surface area contributed by atoms with E-state index < -0.39 is 0 Å². The van der Waals surface area contributed by atoms with Gasteiger partial charge in [-0.25, -0.2) is 15.0 Å². The minimum absolute atomic E-state index is 0.190. The van der Waals surface area contributed by atoms with Crippen LogP contribution in [0.15, 0.2) is 22.2 Å². The number of aliphatic imine (C=N–C) groups is 2. The van der Waals surface area contributed by atoms with Gasteiger partial charge in [-0.1, -0.05) is 0 Å². The smallest absolute Gasteiger partial charge is 0.220 e. The Hall–Kier alpha value is -1.99. The summed E-state index contributed by atoms with van der Waals surface area (Å²) in [5.41, 5.74) is 1.26. The number of carbonyl (C=O) groups is 1. The molecular weight excluding hydrogens is 308 g/mol. The van der Waals surface area contributed by atoms with Crippen molar-refractivity contribution in [2.24, 2.45) is 9.98 Å². The predicted molar refractivity (Wildman–Crippen MR) is 79.9 cm³/mol. The fraction of sp³-hybridized carbons (Fsp3) is 0.429. The normalized spacial score (nSPS) is 26.5. The molecule has 1 saturated heterocycles. The lowest BCUT2D eigenvalue weighted by Crippen LogP contribution is -2.49. The third kappa shape index (κ3) is 2.17. The van der Waals surface area contributed by atoms with Gasteiger partial charge in [-0.15, -0.1) is 0 Å². The van der Waals surface area contributed by atoms with Crippen molar-refractivity contribution in [3.8, 4) is 5.88 Å². The first kappa shape index (κ1) is 13.7. The van der Waals surface area contributed by atoms with Gasteiger partial charge in [-0.2, -0.15) is 0 Å². The largest absolute Gasteiger partial charge is 0.463 e. The lowest BCUT2D eigenvalue weighted by molar-refractivity contribution is 0.0631. The van der Waals surface area contributed by atoms with E-state index in [2.05, 4.69) is 19.9 Å². The van der Waals surface area contributed by atoms with E-state index in [4.69, 9.17) is 21.1 Å². The number of aldehydes is 1. The summed E-state index contributed by atoms with van der Waals surface area (Å²) < 4.78 is 11.3. The molecule has 0 N–H and O–H groups in total. The van der Waals surface area contributed by atoms with Crippen molar-refractivity contribution in [3.05, 3.63) is 23.4 Å². The van der Waals surface area contributed by atoms with E-state index in [1.165, 1.54) is 6.20 Å². The molecule has 1 aromatic heterocycles. The van der Waals surface area contributed by atoms with E-state index >= 15 is 0 Å². The highest BCUT2D eigenvalue weighted by molar-refractivity contribution is 6.65. The molecule has 0 spiro atoms. The summed E-state index contributed by atoms with van der Waals surface area (Å²) in [4.78, 5) is 26.0. The lowest BCUT2D eigenvalue weighted by Gasteiger charge is -2.34. The molecule has 2 unspecified atom stereocenters. The van der Waals surface area contributed by atoms with Gasteiger partial charge in [-0.3, -0.25) is 4.79 Å². The number of aromatic nitrogens is 1. The number of hydrogen-bond donors (Lipinski definition) is 0. The van der Waals surface area contributed by atoms with Crippen LogP contribution in [0.5, 0.6) is 5.88 Å². The second-order valence-corrected chi connectivity index (χ2v) is 5.57. The highest BCUT2D eigenvalue weighted by Gasteiger charge is 2.43. The van der Waals surface area contributed by atoms with Gasteiger partial charge >= 0.3 is 0 Å². The predicted octanol–water partition coefficient (Wildman–Crippen LogP) is 1.04. The topological polar surface area (TPSA) is 76.4 Å². The van der Waals surface area contributed by atoms with Crippen LogP contribution >= 0.6 is 11.6 Å². The fourth-order valence-corrected chi connectivity index (χ4v) is 3.08. The van der Waals surface area contributed by atoms with Gasteiger partial charge in [-0.05, 0) is 17.7 Å². The molecule has 0 saturated carbocycles.